The molecule has 1 amide bonds. The number of aromatic nitrogens is 1. The number of rotatable bonds is 3. The lowest BCUT2D eigenvalue weighted by molar-refractivity contribution is -0.143. The summed E-state index contributed by atoms with van der Waals surface area (Å²) in [6.07, 6.45) is 1.48. The van der Waals surface area contributed by atoms with Gasteiger partial charge in [0, 0.05) is 22.0 Å². The third-order valence-electron chi connectivity index (χ3n) is 5.12. The van der Waals surface area contributed by atoms with Gasteiger partial charge in [-0.1, -0.05) is 35.9 Å². The number of hydrogen-bond donors (Lipinski definition) is 2. The first-order valence-corrected chi connectivity index (χ1v) is 9.19. The number of aromatic amines is 1. The van der Waals surface area contributed by atoms with E-state index in [4.69, 9.17) is 16.3 Å². The van der Waals surface area contributed by atoms with E-state index in [0.717, 1.165) is 28.5 Å². The van der Waals surface area contributed by atoms with E-state index in [0.29, 0.717) is 17.1 Å². The maximum absolute atomic E-state index is 12.8. The van der Waals surface area contributed by atoms with Crippen LogP contribution < -0.4 is 5.32 Å². The molecule has 1 heterocycles. The second kappa shape index (κ2) is 7.08. The van der Waals surface area contributed by atoms with Crippen molar-refractivity contribution in [2.24, 2.45) is 0 Å². The molecule has 0 saturated heterocycles. The molecule has 2 aromatic carbocycles. The van der Waals surface area contributed by atoms with Crippen LogP contribution in [0.5, 0.6) is 0 Å². The number of aryl methyl sites for hydroxylation is 1. The van der Waals surface area contributed by atoms with Crippen LogP contribution in [-0.4, -0.2) is 30.0 Å². The van der Waals surface area contributed by atoms with Gasteiger partial charge in [0.1, 0.15) is 11.6 Å². The van der Waals surface area contributed by atoms with Crippen LogP contribution in [0.25, 0.3) is 10.9 Å². The Balaban J connectivity index is 1.61. The normalized spacial score (nSPS) is 18.7. The van der Waals surface area contributed by atoms with Gasteiger partial charge in [-0.05, 0) is 48.2 Å². The first kappa shape index (κ1) is 17.6. The number of hydrogen-bond acceptors (Lipinski definition) is 3. The molecule has 6 heteroatoms. The van der Waals surface area contributed by atoms with Gasteiger partial charge >= 0.3 is 5.97 Å². The fourth-order valence-electron chi connectivity index (χ4n) is 3.81. The Hall–Kier alpha value is -2.79. The molecule has 138 valence electrons. The SMILES string of the molecule is COC(=O)[C@@H]1c2ccccc2CC[C@H]1NC(=O)c1cc2cc(Cl)ccc2[nH]1. The van der Waals surface area contributed by atoms with Crippen molar-refractivity contribution in [1.82, 2.24) is 10.3 Å². The lowest BCUT2D eigenvalue weighted by Gasteiger charge is -2.32. The molecule has 3 aromatic rings. The Bertz CT molecular complexity index is 1030. The first-order valence-electron chi connectivity index (χ1n) is 8.81. The van der Waals surface area contributed by atoms with Gasteiger partial charge in [-0.2, -0.15) is 0 Å². The zero-order valence-corrected chi connectivity index (χ0v) is 15.5. The van der Waals surface area contributed by atoms with E-state index in [2.05, 4.69) is 10.3 Å². The summed E-state index contributed by atoms with van der Waals surface area (Å²) in [6, 6.07) is 14.7. The largest absolute Gasteiger partial charge is 0.468 e. The van der Waals surface area contributed by atoms with Gasteiger partial charge < -0.3 is 15.0 Å². The van der Waals surface area contributed by atoms with Crippen molar-refractivity contribution in [2.45, 2.75) is 24.8 Å². The molecule has 1 aliphatic carbocycles. The van der Waals surface area contributed by atoms with Crippen molar-refractivity contribution in [3.63, 3.8) is 0 Å². The average molecular weight is 383 g/mol. The lowest BCUT2D eigenvalue weighted by atomic mass is 9.79. The monoisotopic (exact) mass is 382 g/mol. The van der Waals surface area contributed by atoms with Crippen LogP contribution in [0.4, 0.5) is 0 Å². The van der Waals surface area contributed by atoms with Crippen molar-refractivity contribution in [1.29, 1.82) is 0 Å². The van der Waals surface area contributed by atoms with E-state index in [-0.39, 0.29) is 17.9 Å². The molecule has 27 heavy (non-hydrogen) atoms. The highest BCUT2D eigenvalue weighted by Crippen LogP contribution is 2.33. The van der Waals surface area contributed by atoms with Crippen LogP contribution in [0.3, 0.4) is 0 Å². The second-order valence-corrected chi connectivity index (χ2v) is 7.17. The van der Waals surface area contributed by atoms with Gasteiger partial charge in [-0.3, -0.25) is 9.59 Å². The van der Waals surface area contributed by atoms with Gasteiger partial charge in [-0.25, -0.2) is 0 Å². The number of H-pyrrole nitrogens is 1. The molecule has 5 nitrogen and oxygen atoms in total. The van der Waals surface area contributed by atoms with E-state index in [9.17, 15) is 9.59 Å². The van der Waals surface area contributed by atoms with Crippen molar-refractivity contribution < 1.29 is 14.3 Å². The number of ether oxygens (including phenoxy) is 1. The van der Waals surface area contributed by atoms with Crippen LogP contribution in [0.1, 0.15) is 34.0 Å². The molecule has 0 saturated carbocycles. The van der Waals surface area contributed by atoms with Crippen LogP contribution in [-0.2, 0) is 16.0 Å². The summed E-state index contributed by atoms with van der Waals surface area (Å²) >= 11 is 6.02. The number of methoxy groups -OCH3 is 1. The molecule has 0 fully saturated rings. The van der Waals surface area contributed by atoms with Crippen LogP contribution >= 0.6 is 11.6 Å². The molecular weight excluding hydrogens is 364 g/mol. The number of amides is 1. The highest BCUT2D eigenvalue weighted by molar-refractivity contribution is 6.31. The Morgan fingerprint density at radius 3 is 2.81 bits per heavy atom. The zero-order chi connectivity index (χ0) is 19.0. The van der Waals surface area contributed by atoms with Crippen molar-refractivity contribution in [3.05, 3.63) is 70.4 Å². The minimum atomic E-state index is -0.511. The molecule has 0 radical (unpaired) electrons. The third-order valence-corrected chi connectivity index (χ3v) is 5.35. The molecule has 2 atom stereocenters. The number of esters is 1. The number of benzene rings is 2. The fourth-order valence-corrected chi connectivity index (χ4v) is 3.99. The topological polar surface area (TPSA) is 71.2 Å². The summed E-state index contributed by atoms with van der Waals surface area (Å²) < 4.78 is 5.01. The summed E-state index contributed by atoms with van der Waals surface area (Å²) in [5.41, 5.74) is 3.32. The van der Waals surface area contributed by atoms with Crippen molar-refractivity contribution >= 4 is 34.4 Å². The van der Waals surface area contributed by atoms with Gasteiger partial charge in [0.2, 0.25) is 0 Å². The van der Waals surface area contributed by atoms with Crippen LogP contribution in [0.2, 0.25) is 5.02 Å². The molecule has 0 aliphatic heterocycles. The first-order chi connectivity index (χ1) is 13.1. The Morgan fingerprint density at radius 2 is 2.00 bits per heavy atom. The lowest BCUT2D eigenvalue weighted by Crippen LogP contribution is -2.45. The summed E-state index contributed by atoms with van der Waals surface area (Å²) in [5, 5.41) is 4.49. The van der Waals surface area contributed by atoms with Crippen molar-refractivity contribution in [3.8, 4) is 0 Å². The number of nitrogens with one attached hydrogen (secondary N) is 2. The smallest absolute Gasteiger partial charge is 0.315 e. The maximum atomic E-state index is 12.8. The van der Waals surface area contributed by atoms with Crippen LogP contribution in [0, 0.1) is 0 Å². The molecule has 4 rings (SSSR count). The van der Waals surface area contributed by atoms with Gasteiger partial charge in [0.15, 0.2) is 0 Å². The number of carbonyl (C=O) groups is 2. The van der Waals surface area contributed by atoms with Gasteiger partial charge in [0.25, 0.3) is 5.91 Å². The maximum Gasteiger partial charge on any atom is 0.315 e. The Kier molecular flexibility index (Phi) is 4.62. The minimum absolute atomic E-state index is 0.249. The fraction of sp³-hybridized carbons (Fsp3) is 0.238. The average Bonchev–Trinajstić information content (AvgIpc) is 3.10. The number of fused-ring (bicyclic) bond motifs is 2. The quantitative estimate of drug-likeness (QED) is 0.676. The van der Waals surface area contributed by atoms with E-state index in [1.807, 2.05) is 30.3 Å². The molecule has 1 aromatic heterocycles. The number of carbonyl (C=O) groups excluding carboxylic acids is 2. The Labute approximate surface area is 161 Å². The molecule has 0 bridgehead atoms. The molecule has 0 spiro atoms. The van der Waals surface area contributed by atoms with E-state index in [1.165, 1.54) is 7.11 Å². The summed E-state index contributed by atoms with van der Waals surface area (Å²) in [5.74, 6) is -1.10. The minimum Gasteiger partial charge on any atom is -0.468 e. The Morgan fingerprint density at radius 1 is 1.19 bits per heavy atom. The second-order valence-electron chi connectivity index (χ2n) is 6.73. The van der Waals surface area contributed by atoms with E-state index < -0.39 is 5.92 Å². The van der Waals surface area contributed by atoms with E-state index >= 15 is 0 Å². The van der Waals surface area contributed by atoms with Gasteiger partial charge in [0.05, 0.1) is 7.11 Å². The highest BCUT2D eigenvalue weighted by Gasteiger charge is 2.36. The van der Waals surface area contributed by atoms with E-state index in [1.54, 1.807) is 18.2 Å². The predicted molar refractivity (Wildman–Crippen MR) is 104 cm³/mol. The molecule has 1 aliphatic rings. The molecular formula is C21H19ClN2O3. The van der Waals surface area contributed by atoms with Gasteiger partial charge in [-0.15, -0.1) is 0 Å². The standard InChI is InChI=1S/C21H19ClN2O3/c1-27-21(26)19-15-5-3-2-4-12(15)6-8-17(19)24-20(25)18-11-13-10-14(22)7-9-16(13)23-18/h2-5,7,9-11,17,19,23H,6,8H2,1H3,(H,24,25)/t17-,19-/m1/s1. The number of halogens is 1. The van der Waals surface area contributed by atoms with Crippen LogP contribution in [0.15, 0.2) is 48.5 Å². The zero-order valence-electron chi connectivity index (χ0n) is 14.8. The predicted octanol–water partition coefficient (Wildman–Crippen LogP) is 3.82. The molecule has 2 N–H and O–H groups in total. The third kappa shape index (κ3) is 3.30. The van der Waals surface area contributed by atoms with Crippen molar-refractivity contribution in [2.75, 3.05) is 7.11 Å². The summed E-state index contributed by atoms with van der Waals surface area (Å²) in [4.78, 5) is 28.4. The highest BCUT2D eigenvalue weighted by atomic mass is 35.5. The molecule has 0 unspecified atom stereocenters. The summed E-state index contributed by atoms with van der Waals surface area (Å²) in [7, 11) is 1.37. The summed E-state index contributed by atoms with van der Waals surface area (Å²) in [6.45, 7) is 0.